The van der Waals surface area contributed by atoms with Crippen LogP contribution >= 0.6 is 0 Å². The van der Waals surface area contributed by atoms with Crippen molar-refractivity contribution in [2.45, 2.75) is 46.5 Å². The molecule has 3 rings (SSSR count). The van der Waals surface area contributed by atoms with Crippen LogP contribution in [0.3, 0.4) is 0 Å². The lowest BCUT2D eigenvalue weighted by Crippen LogP contribution is -2.37. The van der Waals surface area contributed by atoms with E-state index in [-0.39, 0.29) is 12.0 Å². The van der Waals surface area contributed by atoms with Gasteiger partial charge in [-0.1, -0.05) is 19.9 Å². The van der Waals surface area contributed by atoms with Gasteiger partial charge in [-0.2, -0.15) is 0 Å². The van der Waals surface area contributed by atoms with E-state index in [0.717, 1.165) is 37.1 Å². The smallest absolute Gasteiger partial charge is 0.199 e. The van der Waals surface area contributed by atoms with E-state index in [0.29, 0.717) is 35.1 Å². The zero-order valence-electron chi connectivity index (χ0n) is 14.9. The molecule has 1 fully saturated rings. The second kappa shape index (κ2) is 6.60. The second-order valence-corrected chi connectivity index (χ2v) is 7.73. The molecular formula is C20H27NO3. The van der Waals surface area contributed by atoms with Crippen LogP contribution in [-0.4, -0.2) is 24.8 Å². The Morgan fingerprint density at radius 2 is 1.92 bits per heavy atom. The van der Waals surface area contributed by atoms with E-state index in [4.69, 9.17) is 9.52 Å². The molecular weight excluding hydrogens is 302 g/mol. The Bertz CT molecular complexity index is 781. The standard InChI is InChI=1S/C20H27NO3/c1-14-11-15(5-4-10-22)19-16(12-14)17(23)13-18(24-19)21-8-6-20(2,3)7-9-21/h11-13,22H,4-10H2,1-3H3. The molecule has 130 valence electrons. The Morgan fingerprint density at radius 1 is 1.21 bits per heavy atom. The predicted molar refractivity (Wildman–Crippen MR) is 97.9 cm³/mol. The largest absolute Gasteiger partial charge is 0.440 e. The number of benzene rings is 1. The van der Waals surface area contributed by atoms with E-state index in [9.17, 15) is 4.79 Å². The Kier molecular flexibility index (Phi) is 4.68. The number of nitrogens with zero attached hydrogens (tertiary/aromatic N) is 1. The number of anilines is 1. The maximum Gasteiger partial charge on any atom is 0.199 e. The number of aliphatic hydroxyl groups excluding tert-OH is 1. The van der Waals surface area contributed by atoms with Gasteiger partial charge in [0.25, 0.3) is 0 Å². The maximum absolute atomic E-state index is 12.6. The highest BCUT2D eigenvalue weighted by atomic mass is 16.4. The van der Waals surface area contributed by atoms with Crippen molar-refractivity contribution < 1.29 is 9.52 Å². The van der Waals surface area contributed by atoms with Crippen LogP contribution in [0.5, 0.6) is 0 Å². The molecule has 2 aromatic rings. The first-order valence-electron chi connectivity index (χ1n) is 8.83. The van der Waals surface area contributed by atoms with E-state index in [1.807, 2.05) is 13.0 Å². The third kappa shape index (κ3) is 3.48. The molecule has 1 aromatic heterocycles. The highest BCUT2D eigenvalue weighted by Gasteiger charge is 2.27. The van der Waals surface area contributed by atoms with Gasteiger partial charge in [0.2, 0.25) is 0 Å². The topological polar surface area (TPSA) is 53.7 Å². The summed E-state index contributed by atoms with van der Waals surface area (Å²) in [6.45, 7) is 8.54. The van der Waals surface area contributed by atoms with E-state index >= 15 is 0 Å². The van der Waals surface area contributed by atoms with Gasteiger partial charge in [0, 0.05) is 25.8 Å². The number of piperidine rings is 1. The minimum Gasteiger partial charge on any atom is -0.440 e. The van der Waals surface area contributed by atoms with Crippen LogP contribution in [0.25, 0.3) is 11.0 Å². The first-order chi connectivity index (χ1) is 11.4. The Morgan fingerprint density at radius 3 is 2.58 bits per heavy atom. The van der Waals surface area contributed by atoms with Crippen molar-refractivity contribution in [1.29, 1.82) is 0 Å². The second-order valence-electron chi connectivity index (χ2n) is 7.73. The average molecular weight is 329 g/mol. The van der Waals surface area contributed by atoms with Crippen molar-refractivity contribution in [2.24, 2.45) is 5.41 Å². The maximum atomic E-state index is 12.6. The summed E-state index contributed by atoms with van der Waals surface area (Å²) >= 11 is 0. The van der Waals surface area contributed by atoms with Crippen LogP contribution < -0.4 is 10.3 Å². The van der Waals surface area contributed by atoms with Gasteiger partial charge in [-0.3, -0.25) is 4.79 Å². The molecule has 1 aliphatic rings. The molecule has 0 aliphatic carbocycles. The van der Waals surface area contributed by atoms with Gasteiger partial charge >= 0.3 is 0 Å². The number of rotatable bonds is 4. The molecule has 24 heavy (non-hydrogen) atoms. The number of fused-ring (bicyclic) bond motifs is 1. The summed E-state index contributed by atoms with van der Waals surface area (Å²) < 4.78 is 6.18. The molecule has 0 atom stereocenters. The summed E-state index contributed by atoms with van der Waals surface area (Å²) in [4.78, 5) is 14.8. The highest BCUT2D eigenvalue weighted by molar-refractivity contribution is 5.81. The van der Waals surface area contributed by atoms with Gasteiger partial charge in [0.15, 0.2) is 11.3 Å². The Labute approximate surface area is 143 Å². The predicted octanol–water partition coefficient (Wildman–Crippen LogP) is 3.65. The SMILES string of the molecule is Cc1cc(CCCO)c2oc(N3CCC(C)(C)CC3)cc(=O)c2c1. The van der Waals surface area contributed by atoms with Gasteiger partial charge in [-0.15, -0.1) is 0 Å². The molecule has 0 spiro atoms. The van der Waals surface area contributed by atoms with Gasteiger partial charge in [-0.25, -0.2) is 0 Å². The molecule has 1 N–H and O–H groups in total. The summed E-state index contributed by atoms with van der Waals surface area (Å²) in [6.07, 6.45) is 3.58. The summed E-state index contributed by atoms with van der Waals surface area (Å²) in [6, 6.07) is 5.59. The number of hydrogen-bond donors (Lipinski definition) is 1. The quantitative estimate of drug-likeness (QED) is 0.930. The molecule has 2 heterocycles. The van der Waals surface area contributed by atoms with E-state index in [2.05, 4.69) is 24.8 Å². The van der Waals surface area contributed by atoms with Crippen LogP contribution in [0, 0.1) is 12.3 Å². The summed E-state index contributed by atoms with van der Waals surface area (Å²) in [5.41, 5.74) is 3.12. The van der Waals surface area contributed by atoms with Crippen molar-refractivity contribution in [2.75, 3.05) is 24.6 Å². The van der Waals surface area contributed by atoms with Crippen LogP contribution in [0.4, 0.5) is 5.88 Å². The fourth-order valence-corrected chi connectivity index (χ4v) is 3.42. The zero-order chi connectivity index (χ0) is 17.3. The van der Waals surface area contributed by atoms with Crippen molar-refractivity contribution in [3.05, 3.63) is 39.5 Å². The van der Waals surface area contributed by atoms with Crippen molar-refractivity contribution >= 4 is 16.9 Å². The Hall–Kier alpha value is -1.81. The minimum absolute atomic E-state index is 0.0185. The van der Waals surface area contributed by atoms with Gasteiger partial charge < -0.3 is 14.4 Å². The van der Waals surface area contributed by atoms with Crippen molar-refractivity contribution in [3.8, 4) is 0 Å². The molecule has 1 aromatic carbocycles. The Balaban J connectivity index is 2.02. The van der Waals surface area contributed by atoms with Crippen molar-refractivity contribution in [3.63, 3.8) is 0 Å². The molecule has 1 aliphatic heterocycles. The molecule has 0 saturated carbocycles. The van der Waals surface area contributed by atoms with Crippen LogP contribution in [0.1, 0.15) is 44.2 Å². The van der Waals surface area contributed by atoms with E-state index in [1.54, 1.807) is 6.07 Å². The van der Waals surface area contributed by atoms with E-state index in [1.165, 1.54) is 0 Å². The average Bonchev–Trinajstić information content (AvgIpc) is 2.53. The monoisotopic (exact) mass is 329 g/mol. The van der Waals surface area contributed by atoms with Crippen LogP contribution in [-0.2, 0) is 6.42 Å². The third-order valence-corrected chi connectivity index (χ3v) is 5.07. The minimum atomic E-state index is 0.0185. The third-order valence-electron chi connectivity index (χ3n) is 5.07. The normalized spacial score (nSPS) is 17.4. The fraction of sp³-hybridized carbons (Fsp3) is 0.550. The molecule has 0 amide bonds. The fourth-order valence-electron chi connectivity index (χ4n) is 3.42. The number of hydrogen-bond acceptors (Lipinski definition) is 4. The summed E-state index contributed by atoms with van der Waals surface area (Å²) in [7, 11) is 0. The number of aliphatic hydroxyl groups is 1. The lowest BCUT2D eigenvalue weighted by molar-refractivity contribution is 0.274. The molecule has 4 heteroatoms. The molecule has 4 nitrogen and oxygen atoms in total. The van der Waals surface area contributed by atoms with Crippen LogP contribution in [0.2, 0.25) is 0 Å². The highest BCUT2D eigenvalue weighted by Crippen LogP contribution is 2.33. The van der Waals surface area contributed by atoms with E-state index < -0.39 is 0 Å². The van der Waals surface area contributed by atoms with Crippen molar-refractivity contribution in [1.82, 2.24) is 0 Å². The summed E-state index contributed by atoms with van der Waals surface area (Å²) in [5, 5.41) is 9.77. The first kappa shape index (κ1) is 17.0. The summed E-state index contributed by atoms with van der Waals surface area (Å²) in [5.74, 6) is 0.678. The zero-order valence-corrected chi connectivity index (χ0v) is 14.9. The number of aryl methyl sites for hydroxylation is 2. The van der Waals surface area contributed by atoms with Gasteiger partial charge in [-0.05, 0) is 55.2 Å². The lowest BCUT2D eigenvalue weighted by Gasteiger charge is -2.37. The molecule has 1 saturated heterocycles. The molecule has 0 radical (unpaired) electrons. The first-order valence-corrected chi connectivity index (χ1v) is 8.83. The lowest BCUT2D eigenvalue weighted by atomic mass is 9.83. The molecule has 0 unspecified atom stereocenters. The van der Waals surface area contributed by atoms with Gasteiger partial charge in [0.1, 0.15) is 5.58 Å². The van der Waals surface area contributed by atoms with Crippen LogP contribution in [0.15, 0.2) is 27.4 Å². The van der Waals surface area contributed by atoms with Gasteiger partial charge in [0.05, 0.1) is 5.39 Å². The molecule has 0 bridgehead atoms.